The van der Waals surface area contributed by atoms with Gasteiger partial charge in [-0.05, 0) is 61.7 Å². The third-order valence-electron chi connectivity index (χ3n) is 7.44. The summed E-state index contributed by atoms with van der Waals surface area (Å²) in [6.07, 6.45) is 3.01. The van der Waals surface area contributed by atoms with Gasteiger partial charge in [0.15, 0.2) is 0 Å². The number of nitrogens with one attached hydrogen (secondary N) is 2. The average Bonchev–Trinajstić information content (AvgIpc) is 3.67. The molecule has 3 N–H and O–H groups in total. The number of aromatic nitrogens is 2. The van der Waals surface area contributed by atoms with Crippen LogP contribution in [0.5, 0.6) is 5.75 Å². The first kappa shape index (κ1) is 31.6. The highest BCUT2D eigenvalue weighted by Crippen LogP contribution is 2.31. The van der Waals surface area contributed by atoms with Gasteiger partial charge in [-0.2, -0.15) is 5.10 Å². The van der Waals surface area contributed by atoms with Crippen LogP contribution in [0.3, 0.4) is 0 Å². The number of carbonyl (C=O) groups excluding carboxylic acids is 2. The van der Waals surface area contributed by atoms with Gasteiger partial charge in [0.05, 0.1) is 22.5 Å². The van der Waals surface area contributed by atoms with Crippen molar-refractivity contribution in [2.75, 3.05) is 28.8 Å². The van der Waals surface area contributed by atoms with Crippen molar-refractivity contribution in [3.8, 4) is 5.75 Å². The van der Waals surface area contributed by atoms with E-state index in [1.165, 1.54) is 4.90 Å². The first-order chi connectivity index (χ1) is 21.6. The summed E-state index contributed by atoms with van der Waals surface area (Å²) in [6, 6.07) is 16.8. The van der Waals surface area contributed by atoms with E-state index in [0.717, 1.165) is 39.5 Å². The lowest BCUT2D eigenvalue weighted by Gasteiger charge is -2.24. The zero-order valence-electron chi connectivity index (χ0n) is 25.1. The lowest BCUT2D eigenvalue weighted by atomic mass is 10.1. The maximum absolute atomic E-state index is 13.9. The topological polar surface area (TPSA) is 135 Å². The average molecular weight is 632 g/mol. The minimum atomic E-state index is -1.49. The van der Waals surface area contributed by atoms with Gasteiger partial charge in [0.1, 0.15) is 12.5 Å². The number of ether oxygens (including phenoxy) is 2. The van der Waals surface area contributed by atoms with Crippen LogP contribution in [0.25, 0.3) is 0 Å². The molecule has 0 saturated heterocycles. The van der Waals surface area contributed by atoms with Crippen molar-refractivity contribution in [1.82, 2.24) is 9.78 Å². The first-order valence-electron chi connectivity index (χ1n) is 14.5. The summed E-state index contributed by atoms with van der Waals surface area (Å²) in [7, 11) is 0. The van der Waals surface area contributed by atoms with E-state index in [4.69, 9.17) is 21.1 Å². The molecule has 0 bridgehead atoms. The normalized spacial score (nSPS) is 13.6. The van der Waals surface area contributed by atoms with Crippen LogP contribution in [0.2, 0.25) is 5.02 Å². The van der Waals surface area contributed by atoms with Gasteiger partial charge in [-0.1, -0.05) is 54.4 Å². The second kappa shape index (κ2) is 13.8. The fourth-order valence-electron chi connectivity index (χ4n) is 5.11. The molecule has 0 aliphatic carbocycles. The molecule has 234 valence electrons. The molecule has 1 aliphatic rings. The van der Waals surface area contributed by atoms with Crippen LogP contribution >= 0.6 is 11.6 Å². The summed E-state index contributed by atoms with van der Waals surface area (Å²) in [5.41, 5.74) is 4.53. The SMILES string of the molecule is CCC(OCNc1ccc(Cl)c(NC(=O)C(C(=O)N2CCc3ccccc32)n2cc(C(=O)O)cn2)c1)Oc1ccc(C)cc1C. The first-order valence-corrected chi connectivity index (χ1v) is 14.9. The number of aromatic carboxylic acids is 1. The molecule has 1 aromatic heterocycles. The molecule has 45 heavy (non-hydrogen) atoms. The minimum absolute atomic E-state index is 0.110. The molecule has 12 heteroatoms. The van der Waals surface area contributed by atoms with E-state index in [1.807, 2.05) is 63.2 Å². The fourth-order valence-corrected chi connectivity index (χ4v) is 5.27. The molecule has 1 aliphatic heterocycles. The molecule has 0 saturated carbocycles. The highest BCUT2D eigenvalue weighted by atomic mass is 35.5. The van der Waals surface area contributed by atoms with Crippen LogP contribution in [-0.4, -0.2) is 52.2 Å². The number of amides is 2. The van der Waals surface area contributed by atoms with Crippen molar-refractivity contribution >= 4 is 46.4 Å². The van der Waals surface area contributed by atoms with E-state index < -0.39 is 30.1 Å². The molecule has 4 aromatic rings. The number of carboxylic acids is 1. The number of fused-ring (bicyclic) bond motifs is 1. The molecular weight excluding hydrogens is 598 g/mol. The molecule has 2 unspecified atom stereocenters. The predicted octanol–water partition coefficient (Wildman–Crippen LogP) is 5.82. The van der Waals surface area contributed by atoms with Gasteiger partial charge in [0, 0.05) is 30.5 Å². The third-order valence-corrected chi connectivity index (χ3v) is 7.77. The smallest absolute Gasteiger partial charge is 0.338 e. The lowest BCUT2D eigenvalue weighted by Crippen LogP contribution is -2.42. The summed E-state index contributed by atoms with van der Waals surface area (Å²) in [5.74, 6) is -1.76. The quantitative estimate of drug-likeness (QED) is 0.131. The van der Waals surface area contributed by atoms with Gasteiger partial charge in [0.2, 0.25) is 12.3 Å². The molecule has 0 spiro atoms. The zero-order valence-corrected chi connectivity index (χ0v) is 25.9. The number of anilines is 3. The third kappa shape index (κ3) is 7.27. The molecule has 3 aromatic carbocycles. The predicted molar refractivity (Wildman–Crippen MR) is 171 cm³/mol. The maximum atomic E-state index is 13.9. The Labute approximate surface area is 265 Å². The largest absolute Gasteiger partial charge is 0.478 e. The van der Waals surface area contributed by atoms with Crippen LogP contribution in [0.15, 0.2) is 73.1 Å². The van der Waals surface area contributed by atoms with E-state index >= 15 is 0 Å². The number of hydrogen-bond donors (Lipinski definition) is 3. The number of rotatable bonds is 12. The Balaban J connectivity index is 1.30. The molecule has 2 amide bonds. The maximum Gasteiger partial charge on any atom is 0.338 e. The number of aryl methyl sites for hydroxylation is 2. The number of benzene rings is 3. The van der Waals surface area contributed by atoms with E-state index in [2.05, 4.69) is 15.7 Å². The molecule has 5 rings (SSSR count). The second-order valence-corrected chi connectivity index (χ2v) is 11.1. The number of carbonyl (C=O) groups is 3. The van der Waals surface area contributed by atoms with Crippen molar-refractivity contribution in [1.29, 1.82) is 0 Å². The molecule has 2 heterocycles. The van der Waals surface area contributed by atoms with Gasteiger partial charge in [-0.15, -0.1) is 0 Å². The lowest BCUT2D eigenvalue weighted by molar-refractivity contribution is -0.130. The van der Waals surface area contributed by atoms with Crippen LogP contribution in [0, 0.1) is 13.8 Å². The van der Waals surface area contributed by atoms with Crippen LogP contribution in [-0.2, 0) is 20.7 Å². The summed E-state index contributed by atoms with van der Waals surface area (Å²) in [5, 5.41) is 19.6. The van der Waals surface area contributed by atoms with Gasteiger partial charge in [-0.25, -0.2) is 9.48 Å². The van der Waals surface area contributed by atoms with Crippen molar-refractivity contribution in [3.05, 3.63) is 100 Å². The van der Waals surface area contributed by atoms with Gasteiger partial charge < -0.3 is 30.1 Å². The number of carboxylic acid groups (broad SMARTS) is 1. The molecule has 0 fully saturated rings. The molecule has 2 atom stereocenters. The van der Waals surface area contributed by atoms with E-state index in [-0.39, 0.29) is 23.0 Å². The number of nitrogens with zero attached hydrogens (tertiary/aromatic N) is 3. The van der Waals surface area contributed by atoms with Crippen molar-refractivity contribution in [3.63, 3.8) is 0 Å². The van der Waals surface area contributed by atoms with Crippen LogP contribution in [0.4, 0.5) is 17.1 Å². The number of halogens is 1. The summed E-state index contributed by atoms with van der Waals surface area (Å²) in [4.78, 5) is 40.7. The van der Waals surface area contributed by atoms with Crippen molar-refractivity contribution in [2.45, 2.75) is 45.9 Å². The molecular formula is C33H34ClN5O6. The van der Waals surface area contributed by atoms with Gasteiger partial charge in [-0.3, -0.25) is 9.59 Å². The van der Waals surface area contributed by atoms with Crippen LogP contribution < -0.4 is 20.3 Å². The molecule has 0 radical (unpaired) electrons. The minimum Gasteiger partial charge on any atom is -0.478 e. The molecule has 11 nitrogen and oxygen atoms in total. The van der Waals surface area contributed by atoms with Crippen LogP contribution in [0.1, 0.15) is 46.4 Å². The number of para-hydroxylation sites is 1. The fraction of sp³-hybridized carbons (Fsp3) is 0.273. The monoisotopic (exact) mass is 631 g/mol. The summed E-state index contributed by atoms with van der Waals surface area (Å²) in [6.45, 7) is 6.45. The highest BCUT2D eigenvalue weighted by molar-refractivity contribution is 6.34. The summed E-state index contributed by atoms with van der Waals surface area (Å²) < 4.78 is 13.0. The van der Waals surface area contributed by atoms with Crippen molar-refractivity contribution < 1.29 is 29.0 Å². The van der Waals surface area contributed by atoms with E-state index in [1.54, 1.807) is 18.2 Å². The Morgan fingerprint density at radius 3 is 2.62 bits per heavy atom. The van der Waals surface area contributed by atoms with E-state index in [9.17, 15) is 19.5 Å². The van der Waals surface area contributed by atoms with Gasteiger partial charge >= 0.3 is 5.97 Å². The standard InChI is InChI=1S/C33H34ClN5O6/c1-4-29(45-28-12-9-20(2)15-21(28)3)44-19-35-24-10-11-25(34)26(16-24)37-31(40)30(39-18-23(17-36-39)33(42)43)32(41)38-14-13-22-7-5-6-8-27(22)38/h5-12,15-18,29-30,35H,4,13-14,19H2,1-3H3,(H,37,40)(H,42,43). The van der Waals surface area contributed by atoms with E-state index in [0.29, 0.717) is 30.8 Å². The zero-order chi connectivity index (χ0) is 32.1. The Morgan fingerprint density at radius 2 is 1.89 bits per heavy atom. The Morgan fingerprint density at radius 1 is 1.09 bits per heavy atom. The van der Waals surface area contributed by atoms with Gasteiger partial charge in [0.25, 0.3) is 11.8 Å². The Hall–Kier alpha value is -4.87. The summed E-state index contributed by atoms with van der Waals surface area (Å²) >= 11 is 6.44. The Bertz CT molecular complexity index is 1720. The number of hydrogen-bond acceptors (Lipinski definition) is 7. The highest BCUT2D eigenvalue weighted by Gasteiger charge is 2.37. The second-order valence-electron chi connectivity index (χ2n) is 10.7. The Kier molecular flexibility index (Phi) is 9.70. The van der Waals surface area contributed by atoms with Crippen molar-refractivity contribution in [2.24, 2.45) is 0 Å².